The maximum absolute atomic E-state index is 6.22. The highest BCUT2D eigenvalue weighted by molar-refractivity contribution is 6.11. The summed E-state index contributed by atoms with van der Waals surface area (Å²) in [7, 11) is 0. The lowest BCUT2D eigenvalue weighted by atomic mass is 9.78. The van der Waals surface area contributed by atoms with E-state index in [0.29, 0.717) is 0 Å². The summed E-state index contributed by atoms with van der Waals surface area (Å²) in [4.78, 5) is 5.52. The van der Waals surface area contributed by atoms with Crippen LogP contribution in [0.15, 0.2) is 131 Å². The van der Waals surface area contributed by atoms with Crippen LogP contribution in [0.3, 0.4) is 0 Å². The van der Waals surface area contributed by atoms with Crippen LogP contribution in [-0.4, -0.2) is 5.84 Å². The largest absolute Gasteiger partial charge is 0.461 e. The average molecular weight is 585 g/mol. The van der Waals surface area contributed by atoms with E-state index in [4.69, 9.17) is 9.41 Å². The Morgan fingerprint density at radius 3 is 2.18 bits per heavy atom. The second-order valence-electron chi connectivity index (χ2n) is 12.6. The summed E-state index contributed by atoms with van der Waals surface area (Å²) in [5.41, 5.74) is 14.3. The molecule has 0 spiro atoms. The summed E-state index contributed by atoms with van der Waals surface area (Å²) in [5, 5.41) is 4.96. The summed E-state index contributed by atoms with van der Waals surface area (Å²) in [6.07, 6.45) is 3.21. The van der Waals surface area contributed by atoms with Gasteiger partial charge in [0.05, 0.1) is 6.04 Å². The van der Waals surface area contributed by atoms with Crippen molar-refractivity contribution in [1.29, 1.82) is 0 Å². The topological polar surface area (TPSA) is 37.5 Å². The summed E-state index contributed by atoms with van der Waals surface area (Å²) in [6.45, 7) is 8.97. The number of amidine groups is 1. The first-order valence-electron chi connectivity index (χ1n) is 15.9. The molecule has 0 saturated heterocycles. The average Bonchev–Trinajstić information content (AvgIpc) is 3.54. The number of nitrogens with zero attached hydrogens (tertiary/aromatic N) is 1. The minimum absolute atomic E-state index is 0.132. The van der Waals surface area contributed by atoms with Crippen molar-refractivity contribution < 1.29 is 4.42 Å². The predicted molar refractivity (Wildman–Crippen MR) is 187 cm³/mol. The van der Waals surface area contributed by atoms with E-state index in [1.54, 1.807) is 0 Å². The first-order chi connectivity index (χ1) is 22.0. The van der Waals surface area contributed by atoms with Gasteiger partial charge in [-0.2, -0.15) is 0 Å². The van der Waals surface area contributed by atoms with Gasteiger partial charge in [0.15, 0.2) is 0 Å². The fourth-order valence-corrected chi connectivity index (χ4v) is 7.66. The van der Waals surface area contributed by atoms with Crippen molar-refractivity contribution in [3.63, 3.8) is 0 Å². The molecule has 45 heavy (non-hydrogen) atoms. The Hall–Kier alpha value is -5.15. The van der Waals surface area contributed by atoms with E-state index in [1.165, 1.54) is 44.3 Å². The monoisotopic (exact) mass is 584 g/mol. The summed E-state index contributed by atoms with van der Waals surface area (Å²) in [5.74, 6) is 1.86. The number of fused-ring (bicyclic) bond motifs is 4. The Morgan fingerprint density at radius 1 is 0.711 bits per heavy atom. The molecule has 5 aromatic carbocycles. The lowest BCUT2D eigenvalue weighted by Crippen LogP contribution is -2.29. The molecule has 0 saturated carbocycles. The lowest BCUT2D eigenvalue weighted by Gasteiger charge is -2.29. The molecule has 220 valence electrons. The van der Waals surface area contributed by atoms with Gasteiger partial charge < -0.3 is 9.73 Å². The Morgan fingerprint density at radius 2 is 1.38 bits per heavy atom. The van der Waals surface area contributed by atoms with Crippen LogP contribution in [0.2, 0.25) is 0 Å². The van der Waals surface area contributed by atoms with Gasteiger partial charge in [-0.1, -0.05) is 130 Å². The second-order valence-corrected chi connectivity index (χ2v) is 12.6. The first kappa shape index (κ1) is 27.4. The van der Waals surface area contributed by atoms with E-state index in [0.717, 1.165) is 46.0 Å². The predicted octanol–water partition coefficient (Wildman–Crippen LogP) is 10.4. The van der Waals surface area contributed by atoms with Crippen molar-refractivity contribution in [2.24, 2.45) is 4.99 Å². The van der Waals surface area contributed by atoms with Crippen molar-refractivity contribution in [1.82, 2.24) is 5.32 Å². The Bertz CT molecular complexity index is 2160. The number of rotatable bonds is 5. The van der Waals surface area contributed by atoms with Gasteiger partial charge in [0, 0.05) is 27.6 Å². The molecule has 6 aromatic rings. The molecule has 0 radical (unpaired) electrons. The highest BCUT2D eigenvalue weighted by Crippen LogP contribution is 2.52. The highest BCUT2D eigenvalue weighted by Gasteiger charge is 2.38. The molecule has 0 fully saturated rings. The van der Waals surface area contributed by atoms with Crippen LogP contribution >= 0.6 is 0 Å². The van der Waals surface area contributed by atoms with Gasteiger partial charge in [0.25, 0.3) is 0 Å². The van der Waals surface area contributed by atoms with E-state index in [-0.39, 0.29) is 11.5 Å². The molecule has 3 heteroatoms. The number of furan rings is 1. The molecular formula is C42H36N2O. The normalized spacial score (nSPS) is 16.5. The summed E-state index contributed by atoms with van der Waals surface area (Å²) in [6, 6.07) is 41.0. The zero-order valence-electron chi connectivity index (χ0n) is 26.2. The van der Waals surface area contributed by atoms with Crippen molar-refractivity contribution in [3.8, 4) is 22.3 Å². The van der Waals surface area contributed by atoms with Crippen LogP contribution in [0.4, 0.5) is 0 Å². The SMILES string of the molecule is CCc1c(C)oc2cccc(-c3ccccc3C3=NC(c4cccc5c4C(C)(C)c4ccccc4-5)C=C(c4ccccc4)N3)c12. The standard InChI is InChI=1S/C42H36N2O/c1-5-28-26(2)45-38-24-14-20-31(39(28)38)29-17-9-10-19-33(29)41-43-36(27-15-7-6-8-16-27)25-37(44-41)34-22-13-21-32-30-18-11-12-23-35(30)42(3,4)40(32)34/h6-25,37H,5H2,1-4H3,(H,43,44). The summed E-state index contributed by atoms with van der Waals surface area (Å²) >= 11 is 0. The van der Waals surface area contributed by atoms with Gasteiger partial charge in [0.2, 0.25) is 0 Å². The quantitative estimate of drug-likeness (QED) is 0.219. The van der Waals surface area contributed by atoms with Crippen molar-refractivity contribution in [2.45, 2.75) is 45.6 Å². The Balaban J connectivity index is 1.34. The maximum atomic E-state index is 6.22. The van der Waals surface area contributed by atoms with Crippen LogP contribution < -0.4 is 5.32 Å². The number of nitrogens with one attached hydrogen (secondary N) is 1. The van der Waals surface area contributed by atoms with E-state index in [9.17, 15) is 0 Å². The molecule has 2 aliphatic rings. The van der Waals surface area contributed by atoms with Crippen molar-refractivity contribution in [3.05, 3.63) is 160 Å². The molecule has 0 bridgehead atoms. The third-order valence-corrected chi connectivity index (χ3v) is 9.70. The van der Waals surface area contributed by atoms with Crippen LogP contribution in [-0.2, 0) is 11.8 Å². The molecule has 2 heterocycles. The fraction of sp³-hybridized carbons (Fsp3) is 0.167. The molecule has 1 atom stereocenters. The van der Waals surface area contributed by atoms with Gasteiger partial charge in [-0.15, -0.1) is 0 Å². The second kappa shape index (κ2) is 10.5. The molecule has 1 N–H and O–H groups in total. The highest BCUT2D eigenvalue weighted by atomic mass is 16.3. The van der Waals surface area contributed by atoms with Crippen molar-refractivity contribution >= 4 is 22.5 Å². The van der Waals surface area contributed by atoms with E-state index in [2.05, 4.69) is 154 Å². The molecule has 3 nitrogen and oxygen atoms in total. The summed E-state index contributed by atoms with van der Waals surface area (Å²) < 4.78 is 6.22. The first-order valence-corrected chi connectivity index (χ1v) is 15.9. The van der Waals surface area contributed by atoms with Gasteiger partial charge in [-0.3, -0.25) is 4.99 Å². The van der Waals surface area contributed by atoms with Gasteiger partial charge in [-0.05, 0) is 70.0 Å². The number of hydrogen-bond acceptors (Lipinski definition) is 3. The third kappa shape index (κ3) is 4.29. The van der Waals surface area contributed by atoms with Crippen LogP contribution in [0.1, 0.15) is 66.0 Å². The molecule has 1 aliphatic heterocycles. The number of aliphatic imine (C=N–C) groups is 1. The van der Waals surface area contributed by atoms with Gasteiger partial charge >= 0.3 is 0 Å². The molecular weight excluding hydrogens is 548 g/mol. The number of aryl methyl sites for hydroxylation is 2. The number of hydrogen-bond donors (Lipinski definition) is 1. The zero-order valence-corrected chi connectivity index (χ0v) is 26.2. The van der Waals surface area contributed by atoms with Crippen molar-refractivity contribution in [2.75, 3.05) is 0 Å². The Kier molecular flexibility index (Phi) is 6.39. The molecule has 1 unspecified atom stereocenters. The fourth-order valence-electron chi connectivity index (χ4n) is 7.66. The third-order valence-electron chi connectivity index (χ3n) is 9.70. The van der Waals surface area contributed by atoms with Gasteiger partial charge in [-0.25, -0.2) is 0 Å². The van der Waals surface area contributed by atoms with Crippen LogP contribution in [0, 0.1) is 6.92 Å². The minimum atomic E-state index is -0.161. The minimum Gasteiger partial charge on any atom is -0.461 e. The van der Waals surface area contributed by atoms with E-state index in [1.807, 2.05) is 0 Å². The van der Waals surface area contributed by atoms with Crippen LogP contribution in [0.25, 0.3) is 38.9 Å². The zero-order chi connectivity index (χ0) is 30.7. The number of benzene rings is 5. The van der Waals surface area contributed by atoms with E-state index >= 15 is 0 Å². The maximum Gasteiger partial charge on any atom is 0.135 e. The Labute approximate surface area is 265 Å². The lowest BCUT2D eigenvalue weighted by molar-refractivity contribution is 0.573. The van der Waals surface area contributed by atoms with Gasteiger partial charge in [0.1, 0.15) is 17.2 Å². The molecule has 1 aliphatic carbocycles. The molecule has 8 rings (SSSR count). The smallest absolute Gasteiger partial charge is 0.135 e. The molecule has 1 aromatic heterocycles. The van der Waals surface area contributed by atoms with Crippen LogP contribution in [0.5, 0.6) is 0 Å². The van der Waals surface area contributed by atoms with E-state index < -0.39 is 0 Å². The molecule has 0 amide bonds.